The molecule has 0 radical (unpaired) electrons. The molecule has 2 N–H and O–H groups in total. The van der Waals surface area contributed by atoms with Gasteiger partial charge in [0, 0.05) is 6.42 Å². The Hall–Kier alpha value is -3.07. The van der Waals surface area contributed by atoms with Crippen molar-refractivity contribution >= 4 is 5.84 Å². The van der Waals surface area contributed by atoms with Crippen LogP contribution in [0.1, 0.15) is 18.1 Å². The van der Waals surface area contributed by atoms with E-state index in [1.165, 1.54) is 16.7 Å². The molecule has 0 aliphatic rings. The molecule has 0 bridgehead atoms. The van der Waals surface area contributed by atoms with Crippen molar-refractivity contribution in [1.29, 1.82) is 0 Å². The summed E-state index contributed by atoms with van der Waals surface area (Å²) in [6.45, 7) is 4.63. The van der Waals surface area contributed by atoms with Crippen molar-refractivity contribution in [3.05, 3.63) is 90.0 Å². The molecule has 0 saturated heterocycles. The number of ether oxygens (including phenoxy) is 1. The van der Waals surface area contributed by atoms with Crippen LogP contribution < -0.4 is 10.5 Å². The molecule has 0 amide bonds. The van der Waals surface area contributed by atoms with Crippen LogP contribution >= 0.6 is 0 Å². The van der Waals surface area contributed by atoms with Gasteiger partial charge in [-0.05, 0) is 42.7 Å². The summed E-state index contributed by atoms with van der Waals surface area (Å²) in [5, 5.41) is 0. The second-order valence-electron chi connectivity index (χ2n) is 6.82. The number of nitrogens with two attached hydrogens (primary N) is 1. The molecular weight excluding hydrogens is 332 g/mol. The Morgan fingerprint density at radius 1 is 0.926 bits per heavy atom. The normalized spacial score (nSPS) is 12.6. The van der Waals surface area contributed by atoms with Crippen LogP contribution in [-0.4, -0.2) is 18.5 Å². The zero-order valence-electron chi connectivity index (χ0n) is 15.9. The van der Waals surface area contributed by atoms with Crippen molar-refractivity contribution in [3.63, 3.8) is 0 Å². The van der Waals surface area contributed by atoms with Gasteiger partial charge >= 0.3 is 0 Å². The third-order valence-electron chi connectivity index (χ3n) is 4.30. The number of aliphatic imine (C=N–C) groups is 1. The molecule has 0 spiro atoms. The minimum atomic E-state index is -0.0490. The molecular formula is C24H26N2O. The molecule has 3 heteroatoms. The van der Waals surface area contributed by atoms with Gasteiger partial charge in [0.15, 0.2) is 0 Å². The second kappa shape index (κ2) is 9.04. The number of rotatable bonds is 7. The second-order valence-corrected chi connectivity index (χ2v) is 6.82. The molecule has 0 heterocycles. The summed E-state index contributed by atoms with van der Waals surface area (Å²) in [5.41, 5.74) is 10.8. The lowest BCUT2D eigenvalue weighted by Crippen LogP contribution is -2.21. The van der Waals surface area contributed by atoms with Crippen molar-refractivity contribution < 1.29 is 4.74 Å². The molecule has 0 saturated carbocycles. The van der Waals surface area contributed by atoms with E-state index in [0.717, 1.165) is 11.3 Å². The van der Waals surface area contributed by atoms with Gasteiger partial charge in [0.2, 0.25) is 0 Å². The molecule has 1 unspecified atom stereocenters. The first-order valence-corrected chi connectivity index (χ1v) is 9.26. The number of amidine groups is 1. The number of aryl methyl sites for hydroxylation is 1. The topological polar surface area (TPSA) is 47.6 Å². The Balaban J connectivity index is 1.58. The van der Waals surface area contributed by atoms with E-state index in [1.807, 2.05) is 43.3 Å². The van der Waals surface area contributed by atoms with Crippen LogP contribution in [0.25, 0.3) is 11.1 Å². The number of benzene rings is 3. The van der Waals surface area contributed by atoms with E-state index in [-0.39, 0.29) is 6.10 Å². The van der Waals surface area contributed by atoms with Crippen molar-refractivity contribution in [2.45, 2.75) is 26.4 Å². The minimum Gasteiger partial charge on any atom is -0.489 e. The summed E-state index contributed by atoms with van der Waals surface area (Å²) in [6, 6.07) is 26.8. The predicted molar refractivity (Wildman–Crippen MR) is 113 cm³/mol. The van der Waals surface area contributed by atoms with Crippen LogP contribution in [0, 0.1) is 6.92 Å². The number of hydrogen-bond donors (Lipinski definition) is 1. The quantitative estimate of drug-likeness (QED) is 0.476. The molecule has 1 atom stereocenters. The fourth-order valence-corrected chi connectivity index (χ4v) is 2.98. The molecule has 3 nitrogen and oxygen atoms in total. The van der Waals surface area contributed by atoms with Crippen molar-refractivity contribution in [2.24, 2.45) is 10.7 Å². The summed E-state index contributed by atoms with van der Waals surface area (Å²) in [5.74, 6) is 1.48. The Bertz CT molecular complexity index is 903. The highest BCUT2D eigenvalue weighted by molar-refractivity contribution is 5.82. The van der Waals surface area contributed by atoms with Gasteiger partial charge in [0.05, 0.1) is 12.4 Å². The maximum Gasteiger partial charge on any atom is 0.120 e. The Morgan fingerprint density at radius 3 is 2.44 bits per heavy atom. The molecule has 3 aromatic carbocycles. The average molecular weight is 358 g/mol. The maximum absolute atomic E-state index is 6.09. The maximum atomic E-state index is 6.09. The van der Waals surface area contributed by atoms with E-state index >= 15 is 0 Å². The Kier molecular flexibility index (Phi) is 6.26. The van der Waals surface area contributed by atoms with Crippen LogP contribution in [0.5, 0.6) is 5.75 Å². The Morgan fingerprint density at radius 2 is 1.67 bits per heavy atom. The average Bonchev–Trinajstić information content (AvgIpc) is 2.67. The standard InChI is InChI=1S/C24H26N2O/c1-18-8-6-9-20(14-18)15-24(25)26-17-19(2)27-23-13-7-12-22(16-23)21-10-4-3-5-11-21/h3-14,16,19H,15,17H2,1-2H3,(H2,25,26). The molecule has 27 heavy (non-hydrogen) atoms. The molecule has 138 valence electrons. The van der Waals surface area contributed by atoms with Crippen LogP contribution in [0.15, 0.2) is 83.9 Å². The van der Waals surface area contributed by atoms with Gasteiger partial charge in [-0.15, -0.1) is 0 Å². The SMILES string of the molecule is Cc1cccc(CC(N)=NCC(C)Oc2cccc(-c3ccccc3)c2)c1. The molecule has 0 aliphatic heterocycles. The van der Waals surface area contributed by atoms with Crippen LogP contribution in [0.4, 0.5) is 0 Å². The highest BCUT2D eigenvalue weighted by Gasteiger charge is 2.06. The van der Waals surface area contributed by atoms with Gasteiger partial charge in [-0.1, -0.05) is 72.3 Å². The first-order valence-electron chi connectivity index (χ1n) is 9.26. The van der Waals surface area contributed by atoms with E-state index in [0.29, 0.717) is 18.8 Å². The zero-order valence-corrected chi connectivity index (χ0v) is 15.9. The highest BCUT2D eigenvalue weighted by atomic mass is 16.5. The lowest BCUT2D eigenvalue weighted by atomic mass is 10.1. The summed E-state index contributed by atoms with van der Waals surface area (Å²) in [7, 11) is 0. The van der Waals surface area contributed by atoms with Crippen molar-refractivity contribution in [3.8, 4) is 16.9 Å². The fraction of sp³-hybridized carbons (Fsp3) is 0.208. The van der Waals surface area contributed by atoms with Gasteiger partial charge in [0.25, 0.3) is 0 Å². The van der Waals surface area contributed by atoms with Crippen LogP contribution in [-0.2, 0) is 6.42 Å². The summed E-state index contributed by atoms with van der Waals surface area (Å²) in [6.07, 6.45) is 0.616. The van der Waals surface area contributed by atoms with Crippen molar-refractivity contribution in [2.75, 3.05) is 6.54 Å². The molecule has 3 aromatic rings. The van der Waals surface area contributed by atoms with Gasteiger partial charge < -0.3 is 10.5 Å². The monoisotopic (exact) mass is 358 g/mol. The Labute approximate surface area is 161 Å². The zero-order chi connectivity index (χ0) is 19.1. The molecule has 0 aliphatic carbocycles. The van der Waals surface area contributed by atoms with Gasteiger partial charge in [-0.25, -0.2) is 0 Å². The van der Waals surface area contributed by atoms with Crippen LogP contribution in [0.2, 0.25) is 0 Å². The third-order valence-corrected chi connectivity index (χ3v) is 4.30. The van der Waals surface area contributed by atoms with Gasteiger partial charge in [-0.3, -0.25) is 4.99 Å². The van der Waals surface area contributed by atoms with E-state index in [2.05, 4.69) is 54.4 Å². The van der Waals surface area contributed by atoms with Gasteiger partial charge in [-0.2, -0.15) is 0 Å². The lowest BCUT2D eigenvalue weighted by molar-refractivity contribution is 0.230. The van der Waals surface area contributed by atoms with Crippen LogP contribution in [0.3, 0.4) is 0 Å². The molecule has 0 aromatic heterocycles. The summed E-state index contributed by atoms with van der Waals surface area (Å²) >= 11 is 0. The van der Waals surface area contributed by atoms with E-state index in [4.69, 9.17) is 10.5 Å². The van der Waals surface area contributed by atoms with E-state index in [1.54, 1.807) is 0 Å². The first-order chi connectivity index (χ1) is 13.1. The summed E-state index contributed by atoms with van der Waals surface area (Å²) in [4.78, 5) is 4.50. The number of hydrogen-bond acceptors (Lipinski definition) is 2. The van der Waals surface area contributed by atoms with Crippen molar-refractivity contribution in [1.82, 2.24) is 0 Å². The highest BCUT2D eigenvalue weighted by Crippen LogP contribution is 2.24. The largest absolute Gasteiger partial charge is 0.489 e. The minimum absolute atomic E-state index is 0.0490. The predicted octanol–water partition coefficient (Wildman–Crippen LogP) is 5.03. The first kappa shape index (κ1) is 18.7. The van der Waals surface area contributed by atoms with Gasteiger partial charge in [0.1, 0.15) is 11.9 Å². The number of nitrogens with zero attached hydrogens (tertiary/aromatic N) is 1. The van der Waals surface area contributed by atoms with E-state index in [9.17, 15) is 0 Å². The van der Waals surface area contributed by atoms with E-state index < -0.39 is 0 Å². The molecule has 0 fully saturated rings. The lowest BCUT2D eigenvalue weighted by Gasteiger charge is -2.14. The summed E-state index contributed by atoms with van der Waals surface area (Å²) < 4.78 is 6.03. The third kappa shape index (κ3) is 5.71. The fourth-order valence-electron chi connectivity index (χ4n) is 2.98. The smallest absolute Gasteiger partial charge is 0.120 e. The molecule has 3 rings (SSSR count).